The zero-order valence-corrected chi connectivity index (χ0v) is 13.9. The summed E-state index contributed by atoms with van der Waals surface area (Å²) in [4.78, 5) is 0. The van der Waals surface area contributed by atoms with Gasteiger partial charge in [-0.3, -0.25) is 0 Å². The SMILES string of the molecule is CCNC(c1cc(F)ccc1Br)c1c(C)cc(C)cc1F. The fourth-order valence-corrected chi connectivity index (χ4v) is 3.08. The van der Waals surface area contributed by atoms with Crippen molar-refractivity contribution in [3.8, 4) is 0 Å². The van der Waals surface area contributed by atoms with Crippen molar-refractivity contribution in [3.05, 3.63) is 68.7 Å². The van der Waals surface area contributed by atoms with Crippen molar-refractivity contribution < 1.29 is 8.78 Å². The van der Waals surface area contributed by atoms with Crippen LogP contribution in [0, 0.1) is 25.5 Å². The van der Waals surface area contributed by atoms with Crippen LogP contribution in [0.15, 0.2) is 34.8 Å². The Hall–Kier alpha value is -1.26. The van der Waals surface area contributed by atoms with Gasteiger partial charge in [-0.1, -0.05) is 28.9 Å². The van der Waals surface area contributed by atoms with Crippen LogP contribution in [0.3, 0.4) is 0 Å². The molecular formula is C17H18BrF2N. The van der Waals surface area contributed by atoms with E-state index < -0.39 is 0 Å². The first kappa shape index (κ1) is 16.1. The van der Waals surface area contributed by atoms with Crippen molar-refractivity contribution >= 4 is 15.9 Å². The monoisotopic (exact) mass is 353 g/mol. The standard InChI is InChI=1S/C17H18BrF2N/c1-4-21-17(13-9-12(19)5-6-14(13)18)16-11(3)7-10(2)8-15(16)20/h5-9,17,21H,4H2,1-3H3. The van der Waals surface area contributed by atoms with Crippen molar-refractivity contribution in [1.29, 1.82) is 0 Å². The van der Waals surface area contributed by atoms with Crippen LogP contribution in [-0.4, -0.2) is 6.54 Å². The lowest BCUT2D eigenvalue weighted by molar-refractivity contribution is 0.550. The van der Waals surface area contributed by atoms with E-state index in [2.05, 4.69) is 21.2 Å². The quantitative estimate of drug-likeness (QED) is 0.811. The zero-order valence-electron chi connectivity index (χ0n) is 12.3. The molecule has 0 heterocycles. The summed E-state index contributed by atoms with van der Waals surface area (Å²) in [6.07, 6.45) is 0. The second-order valence-corrected chi connectivity index (χ2v) is 5.99. The predicted octanol–water partition coefficient (Wildman–Crippen LogP) is 5.04. The first-order chi connectivity index (χ1) is 9.93. The fourth-order valence-electron chi connectivity index (χ4n) is 2.60. The third kappa shape index (κ3) is 3.50. The van der Waals surface area contributed by atoms with E-state index in [1.165, 1.54) is 18.2 Å². The lowest BCUT2D eigenvalue weighted by Crippen LogP contribution is -2.24. The Morgan fingerprint density at radius 3 is 2.48 bits per heavy atom. The number of rotatable bonds is 4. The molecule has 1 unspecified atom stereocenters. The molecule has 0 fully saturated rings. The Labute approximate surface area is 132 Å². The molecule has 0 aromatic heterocycles. The Bertz CT molecular complexity index is 632. The molecule has 1 N–H and O–H groups in total. The average molecular weight is 354 g/mol. The first-order valence-electron chi connectivity index (χ1n) is 6.89. The van der Waals surface area contributed by atoms with Crippen LogP contribution in [0.5, 0.6) is 0 Å². The van der Waals surface area contributed by atoms with Crippen LogP contribution in [0.4, 0.5) is 8.78 Å². The van der Waals surface area contributed by atoms with E-state index >= 15 is 0 Å². The minimum atomic E-state index is -0.388. The fraction of sp³-hybridized carbons (Fsp3) is 0.294. The van der Waals surface area contributed by atoms with E-state index in [-0.39, 0.29) is 17.7 Å². The van der Waals surface area contributed by atoms with Gasteiger partial charge in [-0.05, 0) is 61.3 Å². The lowest BCUT2D eigenvalue weighted by Gasteiger charge is -2.23. The first-order valence-corrected chi connectivity index (χ1v) is 7.68. The largest absolute Gasteiger partial charge is 0.306 e. The molecule has 0 amide bonds. The van der Waals surface area contributed by atoms with Crippen molar-refractivity contribution in [2.75, 3.05) is 6.54 Å². The van der Waals surface area contributed by atoms with Crippen molar-refractivity contribution in [1.82, 2.24) is 5.32 Å². The maximum Gasteiger partial charge on any atom is 0.128 e. The van der Waals surface area contributed by atoms with Crippen LogP contribution in [0.25, 0.3) is 0 Å². The third-order valence-electron chi connectivity index (χ3n) is 3.45. The predicted molar refractivity (Wildman–Crippen MR) is 85.5 cm³/mol. The smallest absolute Gasteiger partial charge is 0.128 e. The van der Waals surface area contributed by atoms with E-state index in [1.54, 1.807) is 6.07 Å². The number of halogens is 3. The van der Waals surface area contributed by atoms with Crippen molar-refractivity contribution in [3.63, 3.8) is 0 Å². The maximum atomic E-state index is 14.5. The third-order valence-corrected chi connectivity index (χ3v) is 4.17. The molecule has 4 heteroatoms. The van der Waals surface area contributed by atoms with Gasteiger partial charge in [0.05, 0.1) is 6.04 Å². The van der Waals surface area contributed by atoms with Gasteiger partial charge in [-0.2, -0.15) is 0 Å². The minimum absolute atomic E-state index is 0.269. The summed E-state index contributed by atoms with van der Waals surface area (Å²) in [6.45, 7) is 6.34. The normalized spacial score (nSPS) is 12.5. The number of benzene rings is 2. The summed E-state index contributed by atoms with van der Waals surface area (Å²) >= 11 is 3.43. The molecule has 2 aromatic rings. The van der Waals surface area contributed by atoms with Gasteiger partial charge in [0.1, 0.15) is 11.6 Å². The van der Waals surface area contributed by atoms with Gasteiger partial charge >= 0.3 is 0 Å². The molecule has 2 rings (SSSR count). The van der Waals surface area contributed by atoms with Crippen LogP contribution >= 0.6 is 15.9 Å². The summed E-state index contributed by atoms with van der Waals surface area (Å²) in [5.74, 6) is -0.601. The van der Waals surface area contributed by atoms with Crippen LogP contribution in [0.2, 0.25) is 0 Å². The Morgan fingerprint density at radius 2 is 1.86 bits per heavy atom. The van der Waals surface area contributed by atoms with Crippen LogP contribution in [0.1, 0.15) is 35.2 Å². The molecule has 112 valence electrons. The van der Waals surface area contributed by atoms with Gasteiger partial charge in [0.2, 0.25) is 0 Å². The average Bonchev–Trinajstić information content (AvgIpc) is 2.39. The Balaban J connectivity index is 2.61. The van der Waals surface area contributed by atoms with E-state index in [4.69, 9.17) is 0 Å². The number of hydrogen-bond acceptors (Lipinski definition) is 1. The molecule has 2 aromatic carbocycles. The van der Waals surface area contributed by atoms with Gasteiger partial charge in [0.25, 0.3) is 0 Å². The molecule has 21 heavy (non-hydrogen) atoms. The highest BCUT2D eigenvalue weighted by Gasteiger charge is 2.22. The number of aryl methyl sites for hydroxylation is 2. The summed E-state index contributed by atoms with van der Waals surface area (Å²) in [7, 11) is 0. The molecule has 1 nitrogen and oxygen atoms in total. The van der Waals surface area contributed by atoms with E-state index in [1.807, 2.05) is 26.8 Å². The zero-order chi connectivity index (χ0) is 15.6. The topological polar surface area (TPSA) is 12.0 Å². The van der Waals surface area contributed by atoms with Crippen molar-refractivity contribution in [2.24, 2.45) is 0 Å². The van der Waals surface area contributed by atoms with E-state index in [9.17, 15) is 8.78 Å². The summed E-state index contributed by atoms with van der Waals surface area (Å²) < 4.78 is 28.8. The minimum Gasteiger partial charge on any atom is -0.306 e. The molecule has 0 saturated carbocycles. The molecule has 1 atom stereocenters. The van der Waals surface area contributed by atoms with E-state index in [0.717, 1.165) is 15.6 Å². The number of nitrogens with one attached hydrogen (secondary N) is 1. The van der Waals surface area contributed by atoms with Crippen molar-refractivity contribution in [2.45, 2.75) is 26.8 Å². The van der Waals surface area contributed by atoms with Crippen LogP contribution < -0.4 is 5.32 Å². The highest BCUT2D eigenvalue weighted by molar-refractivity contribution is 9.10. The van der Waals surface area contributed by atoms with Crippen LogP contribution in [-0.2, 0) is 0 Å². The second-order valence-electron chi connectivity index (χ2n) is 5.13. The van der Waals surface area contributed by atoms with Gasteiger partial charge in [-0.15, -0.1) is 0 Å². The molecular weight excluding hydrogens is 336 g/mol. The molecule has 0 aliphatic rings. The molecule has 0 aliphatic carbocycles. The molecule has 0 spiro atoms. The summed E-state index contributed by atoms with van der Waals surface area (Å²) in [6, 6.07) is 7.54. The lowest BCUT2D eigenvalue weighted by atomic mass is 9.93. The maximum absolute atomic E-state index is 14.5. The highest BCUT2D eigenvalue weighted by atomic mass is 79.9. The van der Waals surface area contributed by atoms with E-state index in [0.29, 0.717) is 17.7 Å². The molecule has 0 aliphatic heterocycles. The number of hydrogen-bond donors (Lipinski definition) is 1. The molecule has 0 radical (unpaired) electrons. The molecule has 0 saturated heterocycles. The van der Waals surface area contributed by atoms with Gasteiger partial charge in [0, 0.05) is 10.0 Å². The van der Waals surface area contributed by atoms with Gasteiger partial charge in [-0.25, -0.2) is 8.78 Å². The van der Waals surface area contributed by atoms with Gasteiger partial charge in [0.15, 0.2) is 0 Å². The Kier molecular flexibility index (Phi) is 5.12. The second kappa shape index (κ2) is 6.67. The Morgan fingerprint density at radius 1 is 1.14 bits per heavy atom. The highest BCUT2D eigenvalue weighted by Crippen LogP contribution is 2.33. The summed E-state index contributed by atoms with van der Waals surface area (Å²) in [5, 5.41) is 3.25. The summed E-state index contributed by atoms with van der Waals surface area (Å²) in [5.41, 5.74) is 2.99. The van der Waals surface area contributed by atoms with Gasteiger partial charge < -0.3 is 5.32 Å². The molecule has 0 bridgehead atoms.